The lowest BCUT2D eigenvalue weighted by Gasteiger charge is -2.22. The second kappa shape index (κ2) is 8.92. The number of benzene rings is 3. The molecule has 3 aromatic carbocycles. The third kappa shape index (κ3) is 5.68. The van der Waals surface area contributed by atoms with Crippen molar-refractivity contribution in [3.8, 4) is 0 Å². The van der Waals surface area contributed by atoms with Crippen molar-refractivity contribution >= 4 is 21.6 Å². The van der Waals surface area contributed by atoms with E-state index in [9.17, 15) is 13.2 Å². The Hall–Kier alpha value is -3.12. The van der Waals surface area contributed by atoms with Crippen molar-refractivity contribution in [2.75, 3.05) is 10.6 Å². The van der Waals surface area contributed by atoms with Gasteiger partial charge in [0.15, 0.2) is 0 Å². The molecule has 0 saturated carbocycles. The van der Waals surface area contributed by atoms with E-state index in [0.29, 0.717) is 17.8 Å². The third-order valence-electron chi connectivity index (χ3n) is 4.52. The Labute approximate surface area is 172 Å². The number of sulfonamides is 1. The minimum atomic E-state index is -3.47. The molecule has 3 rings (SSSR count). The predicted octanol–water partition coefficient (Wildman–Crippen LogP) is 3.89. The largest absolute Gasteiger partial charge is 0.348 e. The molecule has 0 spiro atoms. The van der Waals surface area contributed by atoms with Crippen molar-refractivity contribution in [3.05, 3.63) is 101 Å². The number of aryl methyl sites for hydroxylation is 1. The van der Waals surface area contributed by atoms with Crippen LogP contribution in [0, 0.1) is 6.92 Å². The minimum absolute atomic E-state index is 0.202. The zero-order chi connectivity index (χ0) is 20.9. The highest BCUT2D eigenvalue weighted by molar-refractivity contribution is 7.92. The van der Waals surface area contributed by atoms with Crippen LogP contribution in [-0.4, -0.2) is 20.6 Å². The third-order valence-corrected chi connectivity index (χ3v) is 5.66. The monoisotopic (exact) mass is 408 g/mol. The molecule has 29 heavy (non-hydrogen) atoms. The summed E-state index contributed by atoms with van der Waals surface area (Å²) in [6.45, 7) is 2.68. The lowest BCUT2D eigenvalue weighted by atomic mass is 10.1. The summed E-state index contributed by atoms with van der Waals surface area (Å²) in [6, 6.07) is 23.9. The molecule has 6 heteroatoms. The van der Waals surface area contributed by atoms with Gasteiger partial charge in [0.05, 0.1) is 18.5 Å². The van der Waals surface area contributed by atoms with Crippen LogP contribution in [0.4, 0.5) is 5.69 Å². The normalized spacial score (nSPS) is 11.1. The minimum Gasteiger partial charge on any atom is -0.348 e. The number of amides is 1. The SMILES string of the molecule is Cc1cccc(CNC(=O)c2ccc(N(Cc3ccccc3)S(C)(=O)=O)cc2)c1. The number of rotatable bonds is 7. The number of hydrogen-bond acceptors (Lipinski definition) is 3. The van der Waals surface area contributed by atoms with Gasteiger partial charge in [-0.3, -0.25) is 9.10 Å². The number of nitrogens with one attached hydrogen (secondary N) is 1. The molecule has 0 heterocycles. The van der Waals surface area contributed by atoms with Gasteiger partial charge in [-0.25, -0.2) is 8.42 Å². The molecule has 150 valence electrons. The maximum atomic E-state index is 12.4. The summed E-state index contributed by atoms with van der Waals surface area (Å²) in [6.07, 6.45) is 1.18. The van der Waals surface area contributed by atoms with Crippen molar-refractivity contribution in [3.63, 3.8) is 0 Å². The number of carbonyl (C=O) groups is 1. The molecule has 3 aromatic rings. The predicted molar refractivity (Wildman–Crippen MR) is 116 cm³/mol. The second-order valence-electron chi connectivity index (χ2n) is 6.97. The van der Waals surface area contributed by atoms with Crippen LogP contribution in [-0.2, 0) is 23.1 Å². The molecular formula is C23H24N2O3S. The van der Waals surface area contributed by atoms with Crippen LogP contribution < -0.4 is 9.62 Å². The van der Waals surface area contributed by atoms with Gasteiger partial charge in [-0.15, -0.1) is 0 Å². The second-order valence-corrected chi connectivity index (χ2v) is 8.88. The Kier molecular flexibility index (Phi) is 6.34. The maximum Gasteiger partial charge on any atom is 0.251 e. The van der Waals surface area contributed by atoms with Crippen LogP contribution in [0.1, 0.15) is 27.0 Å². The van der Waals surface area contributed by atoms with Crippen molar-refractivity contribution < 1.29 is 13.2 Å². The molecule has 0 atom stereocenters. The van der Waals surface area contributed by atoms with Gasteiger partial charge < -0.3 is 5.32 Å². The Morgan fingerprint density at radius 1 is 0.897 bits per heavy atom. The van der Waals surface area contributed by atoms with E-state index >= 15 is 0 Å². The average molecular weight is 409 g/mol. The maximum absolute atomic E-state index is 12.4. The van der Waals surface area contributed by atoms with Crippen LogP contribution in [0.5, 0.6) is 0 Å². The van der Waals surface area contributed by atoms with E-state index in [1.165, 1.54) is 10.6 Å². The first kappa shape index (κ1) is 20.6. The van der Waals surface area contributed by atoms with Crippen LogP contribution in [0.2, 0.25) is 0 Å². The highest BCUT2D eigenvalue weighted by Gasteiger charge is 2.18. The summed E-state index contributed by atoms with van der Waals surface area (Å²) in [5.74, 6) is -0.202. The molecule has 0 fully saturated rings. The van der Waals surface area contributed by atoms with Gasteiger partial charge in [-0.05, 0) is 42.3 Å². The molecule has 0 bridgehead atoms. The van der Waals surface area contributed by atoms with Crippen LogP contribution in [0.15, 0.2) is 78.9 Å². The summed E-state index contributed by atoms with van der Waals surface area (Å²) in [7, 11) is -3.47. The van der Waals surface area contributed by atoms with Gasteiger partial charge in [0.1, 0.15) is 0 Å². The number of hydrogen-bond donors (Lipinski definition) is 1. The standard InChI is InChI=1S/C23H24N2O3S/c1-18-7-6-10-20(15-18)16-24-23(26)21-11-13-22(14-12-21)25(29(2,27)28)17-19-8-4-3-5-9-19/h3-15H,16-17H2,1-2H3,(H,24,26). The summed E-state index contributed by atoms with van der Waals surface area (Å²) in [4.78, 5) is 12.4. The van der Waals surface area contributed by atoms with Gasteiger partial charge in [0, 0.05) is 12.1 Å². The van der Waals surface area contributed by atoms with Gasteiger partial charge in [0.2, 0.25) is 10.0 Å². The summed E-state index contributed by atoms with van der Waals surface area (Å²) < 4.78 is 25.9. The number of carbonyl (C=O) groups excluding carboxylic acids is 1. The zero-order valence-electron chi connectivity index (χ0n) is 16.5. The van der Waals surface area contributed by atoms with E-state index in [4.69, 9.17) is 0 Å². The van der Waals surface area contributed by atoms with Crippen molar-refractivity contribution in [2.45, 2.75) is 20.0 Å². The molecule has 0 aromatic heterocycles. The van der Waals surface area contributed by atoms with Crippen molar-refractivity contribution in [2.24, 2.45) is 0 Å². The van der Waals surface area contributed by atoms with E-state index < -0.39 is 10.0 Å². The molecule has 0 aliphatic carbocycles. The van der Waals surface area contributed by atoms with Crippen LogP contribution >= 0.6 is 0 Å². The molecule has 0 saturated heterocycles. The molecule has 5 nitrogen and oxygen atoms in total. The van der Waals surface area contributed by atoms with Crippen LogP contribution in [0.3, 0.4) is 0 Å². The van der Waals surface area contributed by atoms with Crippen molar-refractivity contribution in [1.29, 1.82) is 0 Å². The molecule has 1 amide bonds. The van der Waals surface area contributed by atoms with Gasteiger partial charge in [-0.2, -0.15) is 0 Å². The molecule has 0 radical (unpaired) electrons. The average Bonchev–Trinajstić information content (AvgIpc) is 2.70. The lowest BCUT2D eigenvalue weighted by Crippen LogP contribution is -2.29. The topological polar surface area (TPSA) is 66.5 Å². The smallest absolute Gasteiger partial charge is 0.251 e. The summed E-state index contributed by atoms with van der Waals surface area (Å²) >= 11 is 0. The zero-order valence-corrected chi connectivity index (χ0v) is 17.3. The first-order valence-electron chi connectivity index (χ1n) is 9.28. The fraction of sp³-hybridized carbons (Fsp3) is 0.174. The fourth-order valence-electron chi connectivity index (χ4n) is 3.03. The van der Waals surface area contributed by atoms with Gasteiger partial charge in [-0.1, -0.05) is 60.2 Å². The quantitative estimate of drug-likeness (QED) is 0.645. The highest BCUT2D eigenvalue weighted by Crippen LogP contribution is 2.21. The van der Waals surface area contributed by atoms with E-state index in [2.05, 4.69) is 5.32 Å². The molecule has 0 aliphatic heterocycles. The van der Waals surface area contributed by atoms with Crippen LogP contribution in [0.25, 0.3) is 0 Å². The number of anilines is 1. The Morgan fingerprint density at radius 3 is 2.17 bits per heavy atom. The molecular weight excluding hydrogens is 384 g/mol. The number of nitrogens with zero attached hydrogens (tertiary/aromatic N) is 1. The van der Waals surface area contributed by atoms with Crippen molar-refractivity contribution in [1.82, 2.24) is 5.32 Å². The molecule has 0 unspecified atom stereocenters. The molecule has 0 aliphatic rings. The first-order chi connectivity index (χ1) is 13.8. The van der Waals surface area contributed by atoms with Gasteiger partial charge >= 0.3 is 0 Å². The van der Waals surface area contributed by atoms with E-state index in [1.54, 1.807) is 24.3 Å². The Bertz CT molecular complexity index is 1080. The van der Waals surface area contributed by atoms with Gasteiger partial charge in [0.25, 0.3) is 5.91 Å². The Balaban J connectivity index is 1.72. The fourth-order valence-corrected chi connectivity index (χ4v) is 3.92. The van der Waals surface area contributed by atoms with E-state index in [1.807, 2.05) is 61.5 Å². The first-order valence-corrected chi connectivity index (χ1v) is 11.1. The lowest BCUT2D eigenvalue weighted by molar-refractivity contribution is 0.0951. The van der Waals surface area contributed by atoms with E-state index in [-0.39, 0.29) is 12.5 Å². The summed E-state index contributed by atoms with van der Waals surface area (Å²) in [5.41, 5.74) is 4.06. The Morgan fingerprint density at radius 2 is 1.55 bits per heavy atom. The van der Waals surface area contributed by atoms with E-state index in [0.717, 1.165) is 16.7 Å². The highest BCUT2D eigenvalue weighted by atomic mass is 32.2. The molecule has 1 N–H and O–H groups in total. The summed E-state index contributed by atoms with van der Waals surface area (Å²) in [5, 5.41) is 2.89.